The minimum Gasteiger partial charge on any atom is -0.295 e. The van der Waals surface area contributed by atoms with Crippen molar-refractivity contribution in [1.29, 1.82) is 0 Å². The van der Waals surface area contributed by atoms with E-state index >= 15 is 0 Å². The summed E-state index contributed by atoms with van der Waals surface area (Å²) in [6, 6.07) is 7.00. The van der Waals surface area contributed by atoms with Crippen LogP contribution in [0.25, 0.3) is 0 Å². The monoisotopic (exact) mass is 347 g/mol. The molecular weight excluding hydrogens is 322 g/mol. The standard InChI is InChI=1S/C19H25NO3S/c1-3-4-5-15-10-17(21)11-16-12-20(13-19(15)16)24(22,23)18-8-6-14(2)7-9-18/h6-10,16,19H,3-5,11-13H2,1-2H3/t16-,19+/m0/s1. The van der Waals surface area contributed by atoms with Crippen molar-refractivity contribution in [1.82, 2.24) is 4.31 Å². The molecule has 1 aromatic rings. The predicted octanol–water partition coefficient (Wildman–Crippen LogP) is 3.32. The number of aryl methyl sites for hydroxylation is 1. The highest BCUT2D eigenvalue weighted by atomic mass is 32.2. The van der Waals surface area contributed by atoms with Crippen molar-refractivity contribution in [3.8, 4) is 0 Å². The topological polar surface area (TPSA) is 54.5 Å². The number of fused-ring (bicyclic) bond motifs is 1. The molecule has 24 heavy (non-hydrogen) atoms. The number of benzene rings is 1. The lowest BCUT2D eigenvalue weighted by atomic mass is 9.78. The van der Waals surface area contributed by atoms with Crippen LogP contribution in [0.5, 0.6) is 0 Å². The lowest BCUT2D eigenvalue weighted by Gasteiger charge is -2.25. The average molecular weight is 347 g/mol. The van der Waals surface area contributed by atoms with Crippen molar-refractivity contribution < 1.29 is 13.2 Å². The number of hydrogen-bond acceptors (Lipinski definition) is 3. The molecule has 1 fully saturated rings. The fraction of sp³-hybridized carbons (Fsp3) is 0.526. The SMILES string of the molecule is CCCCC1=CC(=O)C[C@H]2CN(S(=O)(=O)c3ccc(C)cc3)C[C@H]12. The molecule has 0 saturated carbocycles. The number of rotatable bonds is 5. The van der Waals surface area contributed by atoms with Gasteiger partial charge in [0.05, 0.1) is 4.90 Å². The van der Waals surface area contributed by atoms with E-state index < -0.39 is 10.0 Å². The van der Waals surface area contributed by atoms with Gasteiger partial charge >= 0.3 is 0 Å². The van der Waals surface area contributed by atoms with E-state index in [0.29, 0.717) is 24.4 Å². The largest absolute Gasteiger partial charge is 0.295 e. The van der Waals surface area contributed by atoms with Gasteiger partial charge in [-0.15, -0.1) is 0 Å². The third kappa shape index (κ3) is 3.33. The van der Waals surface area contributed by atoms with Crippen LogP contribution in [0.4, 0.5) is 0 Å². The zero-order valence-corrected chi connectivity index (χ0v) is 15.2. The molecule has 4 nitrogen and oxygen atoms in total. The summed E-state index contributed by atoms with van der Waals surface area (Å²) in [7, 11) is -3.48. The van der Waals surface area contributed by atoms with Gasteiger partial charge in [0, 0.05) is 19.5 Å². The molecule has 1 saturated heterocycles. The van der Waals surface area contributed by atoms with E-state index in [1.807, 2.05) is 19.1 Å². The predicted molar refractivity (Wildman–Crippen MR) is 94.1 cm³/mol. The second-order valence-electron chi connectivity index (χ2n) is 6.99. The molecule has 0 amide bonds. The summed E-state index contributed by atoms with van der Waals surface area (Å²) in [5.41, 5.74) is 2.19. The molecule has 1 aliphatic heterocycles. The Morgan fingerprint density at radius 2 is 1.88 bits per heavy atom. The fourth-order valence-corrected chi connectivity index (χ4v) is 5.31. The first-order valence-electron chi connectivity index (χ1n) is 8.72. The molecule has 2 aliphatic rings. The third-order valence-corrected chi connectivity index (χ3v) is 7.02. The minimum atomic E-state index is -3.48. The van der Waals surface area contributed by atoms with E-state index in [-0.39, 0.29) is 17.6 Å². The van der Waals surface area contributed by atoms with Crippen LogP contribution in [0.2, 0.25) is 0 Å². The maximum atomic E-state index is 12.9. The number of allylic oxidation sites excluding steroid dienone is 1. The average Bonchev–Trinajstić information content (AvgIpc) is 2.97. The molecule has 5 heteroatoms. The number of carbonyl (C=O) groups is 1. The maximum Gasteiger partial charge on any atom is 0.243 e. The van der Waals surface area contributed by atoms with E-state index in [1.165, 1.54) is 0 Å². The van der Waals surface area contributed by atoms with E-state index in [0.717, 1.165) is 30.4 Å². The third-order valence-electron chi connectivity index (χ3n) is 5.17. The summed E-state index contributed by atoms with van der Waals surface area (Å²) in [5.74, 6) is 0.487. The Morgan fingerprint density at radius 1 is 1.17 bits per heavy atom. The number of ketones is 1. The second-order valence-corrected chi connectivity index (χ2v) is 8.93. The number of nitrogens with zero attached hydrogens (tertiary/aromatic N) is 1. The number of carbonyl (C=O) groups excluding carboxylic acids is 1. The van der Waals surface area contributed by atoms with Crippen molar-refractivity contribution in [2.24, 2.45) is 11.8 Å². The van der Waals surface area contributed by atoms with Crippen LogP contribution in [-0.2, 0) is 14.8 Å². The smallest absolute Gasteiger partial charge is 0.243 e. The van der Waals surface area contributed by atoms with Gasteiger partial charge < -0.3 is 0 Å². The highest BCUT2D eigenvalue weighted by molar-refractivity contribution is 7.89. The number of sulfonamides is 1. The fourth-order valence-electron chi connectivity index (χ4n) is 3.78. The molecule has 0 aromatic heterocycles. The zero-order valence-electron chi connectivity index (χ0n) is 14.4. The molecule has 1 heterocycles. The van der Waals surface area contributed by atoms with Crippen molar-refractivity contribution in [3.05, 3.63) is 41.5 Å². The number of unbranched alkanes of at least 4 members (excludes halogenated alkanes) is 1. The summed E-state index contributed by atoms with van der Waals surface area (Å²) < 4.78 is 27.4. The molecule has 1 aliphatic carbocycles. The highest BCUT2D eigenvalue weighted by Crippen LogP contribution is 2.39. The van der Waals surface area contributed by atoms with E-state index in [4.69, 9.17) is 0 Å². The summed E-state index contributed by atoms with van der Waals surface area (Å²) in [5, 5.41) is 0. The summed E-state index contributed by atoms with van der Waals surface area (Å²) in [4.78, 5) is 12.3. The molecule has 3 rings (SSSR count). The summed E-state index contributed by atoms with van der Waals surface area (Å²) >= 11 is 0. The van der Waals surface area contributed by atoms with Gasteiger partial charge in [-0.2, -0.15) is 4.31 Å². The van der Waals surface area contributed by atoms with E-state index in [1.54, 1.807) is 22.5 Å². The second kappa shape index (κ2) is 6.81. The Balaban J connectivity index is 1.82. The van der Waals surface area contributed by atoms with Crippen LogP contribution in [0.1, 0.15) is 38.2 Å². The highest BCUT2D eigenvalue weighted by Gasteiger charge is 2.43. The Bertz CT molecular complexity index is 749. The van der Waals surface area contributed by atoms with Gasteiger partial charge in [-0.1, -0.05) is 36.6 Å². The first kappa shape index (κ1) is 17.4. The molecule has 1 aromatic carbocycles. The van der Waals surface area contributed by atoms with Crippen LogP contribution >= 0.6 is 0 Å². The normalized spacial score (nSPS) is 24.8. The molecule has 130 valence electrons. The van der Waals surface area contributed by atoms with E-state index in [2.05, 4.69) is 6.92 Å². The lowest BCUT2D eigenvalue weighted by Crippen LogP contribution is -2.29. The van der Waals surface area contributed by atoms with Crippen LogP contribution in [0.15, 0.2) is 40.8 Å². The maximum absolute atomic E-state index is 12.9. The van der Waals surface area contributed by atoms with Gasteiger partial charge in [-0.3, -0.25) is 4.79 Å². The van der Waals surface area contributed by atoms with Crippen molar-refractivity contribution >= 4 is 15.8 Å². The molecule has 0 unspecified atom stereocenters. The summed E-state index contributed by atoms with van der Waals surface area (Å²) in [6.07, 6.45) is 5.28. The summed E-state index contributed by atoms with van der Waals surface area (Å²) in [6.45, 7) is 5.03. The first-order valence-corrected chi connectivity index (χ1v) is 10.2. The number of hydrogen-bond donors (Lipinski definition) is 0. The van der Waals surface area contributed by atoms with Gasteiger partial charge in [0.15, 0.2) is 5.78 Å². The molecular formula is C19H25NO3S. The van der Waals surface area contributed by atoms with Crippen LogP contribution in [0.3, 0.4) is 0 Å². The lowest BCUT2D eigenvalue weighted by molar-refractivity contribution is -0.116. The Morgan fingerprint density at radius 3 is 2.54 bits per heavy atom. The van der Waals surface area contributed by atoms with Crippen LogP contribution in [-0.4, -0.2) is 31.6 Å². The molecule has 0 radical (unpaired) electrons. The molecule has 0 spiro atoms. The van der Waals surface area contributed by atoms with Gasteiger partial charge in [0.25, 0.3) is 0 Å². The van der Waals surface area contributed by atoms with Gasteiger partial charge in [-0.05, 0) is 49.8 Å². The van der Waals surface area contributed by atoms with Gasteiger partial charge in [0.2, 0.25) is 10.0 Å². The first-order chi connectivity index (χ1) is 11.4. The van der Waals surface area contributed by atoms with Crippen LogP contribution < -0.4 is 0 Å². The quantitative estimate of drug-likeness (QED) is 0.821. The van der Waals surface area contributed by atoms with Crippen molar-refractivity contribution in [2.75, 3.05) is 13.1 Å². The Hall–Kier alpha value is -1.46. The Kier molecular flexibility index (Phi) is 4.92. The van der Waals surface area contributed by atoms with Gasteiger partial charge in [0.1, 0.15) is 0 Å². The molecule has 2 atom stereocenters. The van der Waals surface area contributed by atoms with E-state index in [9.17, 15) is 13.2 Å². The van der Waals surface area contributed by atoms with Crippen molar-refractivity contribution in [3.63, 3.8) is 0 Å². The Labute approximate surface area is 144 Å². The van der Waals surface area contributed by atoms with Crippen molar-refractivity contribution in [2.45, 2.75) is 44.4 Å². The van der Waals surface area contributed by atoms with Gasteiger partial charge in [-0.25, -0.2) is 8.42 Å². The zero-order chi connectivity index (χ0) is 17.3. The molecule has 0 bridgehead atoms. The molecule has 0 N–H and O–H groups in total. The van der Waals surface area contributed by atoms with Crippen LogP contribution in [0, 0.1) is 18.8 Å². The minimum absolute atomic E-state index is 0.134.